The number of terminal acetylenes is 1. The van der Waals surface area contributed by atoms with Gasteiger partial charge in [-0.3, -0.25) is 14.3 Å². The van der Waals surface area contributed by atoms with Gasteiger partial charge in [0.15, 0.2) is 11.2 Å². The molecule has 2 aromatic rings. The van der Waals surface area contributed by atoms with E-state index >= 15 is 0 Å². The molecular weight excluding hydrogens is 511 g/mol. The van der Waals surface area contributed by atoms with Crippen molar-refractivity contribution in [2.45, 2.75) is 25.0 Å². The van der Waals surface area contributed by atoms with Gasteiger partial charge in [-0.25, -0.2) is 18.7 Å². The van der Waals surface area contributed by atoms with Crippen LogP contribution in [0, 0.1) is 17.8 Å². The van der Waals surface area contributed by atoms with E-state index in [-0.39, 0.29) is 30.0 Å². The summed E-state index contributed by atoms with van der Waals surface area (Å²) in [6, 6.07) is -0.612. The second-order valence-electron chi connectivity index (χ2n) is 7.05. The van der Waals surface area contributed by atoms with Gasteiger partial charge in [-0.2, -0.15) is 13.6 Å². The van der Waals surface area contributed by atoms with Crippen molar-refractivity contribution in [2.75, 3.05) is 12.3 Å². The molecule has 0 bridgehead atoms. The molecule has 0 aliphatic heterocycles. The van der Waals surface area contributed by atoms with Crippen molar-refractivity contribution in [3.8, 4) is 12.3 Å². The first-order valence-corrected chi connectivity index (χ1v) is 13.2. The van der Waals surface area contributed by atoms with Gasteiger partial charge in [0, 0.05) is 6.04 Å². The zero-order valence-electron chi connectivity index (χ0n) is 16.3. The maximum absolute atomic E-state index is 12.0. The highest BCUT2D eigenvalue weighted by atomic mass is 31.3. The molecule has 20 heteroatoms. The Kier molecular flexibility index (Phi) is 6.77. The van der Waals surface area contributed by atoms with Crippen LogP contribution in [-0.4, -0.2) is 56.9 Å². The molecule has 1 aliphatic rings. The molecule has 0 spiro atoms. The number of fused-ring (bicyclic) bond motifs is 1. The van der Waals surface area contributed by atoms with Crippen LogP contribution in [0.3, 0.4) is 0 Å². The molecule has 2 aromatic heterocycles. The fourth-order valence-electron chi connectivity index (χ4n) is 3.40. The smallest absolute Gasteiger partial charge is 0.391 e. The van der Waals surface area contributed by atoms with Gasteiger partial charge in [0.25, 0.3) is 5.56 Å². The molecule has 3 rings (SSSR count). The predicted molar refractivity (Wildman–Crippen MR) is 108 cm³/mol. The predicted octanol–water partition coefficient (Wildman–Crippen LogP) is -0.640. The van der Waals surface area contributed by atoms with E-state index in [1.807, 2.05) is 0 Å². The number of imidazole rings is 1. The number of hydrogen-bond acceptors (Lipinski definition) is 11. The Hall–Kier alpha value is -1.92. The van der Waals surface area contributed by atoms with Crippen LogP contribution in [0.1, 0.15) is 18.9 Å². The molecule has 1 aliphatic carbocycles. The number of aromatic nitrogens is 4. The van der Waals surface area contributed by atoms with Gasteiger partial charge in [0.1, 0.15) is 0 Å². The van der Waals surface area contributed by atoms with Crippen LogP contribution in [0.15, 0.2) is 11.1 Å². The Morgan fingerprint density at radius 2 is 1.94 bits per heavy atom. The lowest BCUT2D eigenvalue weighted by atomic mass is 9.86. The van der Waals surface area contributed by atoms with Gasteiger partial charge in [0.2, 0.25) is 5.95 Å². The topological polar surface area (TPSA) is 270 Å². The Balaban J connectivity index is 1.79. The van der Waals surface area contributed by atoms with Gasteiger partial charge in [-0.1, -0.05) is 5.92 Å². The minimum Gasteiger partial charge on any atom is -0.391 e. The van der Waals surface area contributed by atoms with Crippen LogP contribution < -0.4 is 11.3 Å². The van der Waals surface area contributed by atoms with Crippen molar-refractivity contribution in [1.82, 2.24) is 19.5 Å². The van der Waals surface area contributed by atoms with E-state index in [0.717, 1.165) is 0 Å². The van der Waals surface area contributed by atoms with E-state index in [9.17, 15) is 33.4 Å². The van der Waals surface area contributed by atoms with Crippen LogP contribution in [0.25, 0.3) is 11.2 Å². The fourth-order valence-corrected chi connectivity index (χ4v) is 6.49. The lowest BCUT2D eigenvalue weighted by Gasteiger charge is -2.27. The number of hydrogen-bond donors (Lipinski definition) is 7. The average Bonchev–Trinajstić information content (AvgIpc) is 3.18. The Morgan fingerprint density at radius 1 is 1.27 bits per heavy atom. The first-order valence-electron chi connectivity index (χ1n) is 8.73. The zero-order valence-corrected chi connectivity index (χ0v) is 19.0. The number of aliphatic hydroxyl groups is 1. The molecule has 0 radical (unpaired) electrons. The number of H-pyrrole nitrogens is 1. The monoisotopic (exact) mass is 529 g/mol. The van der Waals surface area contributed by atoms with E-state index < -0.39 is 53.2 Å². The maximum Gasteiger partial charge on any atom is 0.490 e. The number of nitrogens with two attached hydrogens (primary N) is 1. The number of nitrogens with one attached hydrogen (secondary N) is 1. The van der Waals surface area contributed by atoms with Crippen LogP contribution in [0.2, 0.25) is 0 Å². The summed E-state index contributed by atoms with van der Waals surface area (Å²) < 4.78 is 47.5. The second-order valence-corrected chi connectivity index (χ2v) is 11.5. The van der Waals surface area contributed by atoms with Crippen LogP contribution >= 0.6 is 23.5 Å². The third-order valence-corrected chi connectivity index (χ3v) is 8.55. The summed E-state index contributed by atoms with van der Waals surface area (Å²) in [6.07, 6.45) is 5.37. The third kappa shape index (κ3) is 5.78. The van der Waals surface area contributed by atoms with Crippen molar-refractivity contribution >= 4 is 40.6 Å². The SMILES string of the molecule is C#C[C@@]1(COP(=O)(O)OP(=O)(O)OP(=O)(O)O)C[C@H](n2cnc3c(=O)[nH]c(N)nc32)C[C@H]1O. The van der Waals surface area contributed by atoms with Crippen LogP contribution in [0.4, 0.5) is 5.95 Å². The second kappa shape index (κ2) is 8.70. The number of nitrogen functional groups attached to an aromatic ring is 1. The normalized spacial score (nSPS) is 27.2. The zero-order chi connectivity index (χ0) is 24.8. The number of anilines is 1. The van der Waals surface area contributed by atoms with E-state index in [2.05, 4.69) is 34.0 Å². The van der Waals surface area contributed by atoms with Gasteiger partial charge in [-0.05, 0) is 12.8 Å². The quantitative estimate of drug-likeness (QED) is 0.165. The fraction of sp³-hybridized carbons (Fsp3) is 0.462. The molecule has 5 atom stereocenters. The summed E-state index contributed by atoms with van der Waals surface area (Å²) in [5.41, 5.74) is 3.44. The maximum atomic E-state index is 12.0. The van der Waals surface area contributed by atoms with E-state index in [4.69, 9.17) is 21.9 Å². The first kappa shape index (κ1) is 25.7. The van der Waals surface area contributed by atoms with E-state index in [1.165, 1.54) is 10.9 Å². The molecule has 2 unspecified atom stereocenters. The third-order valence-electron chi connectivity index (χ3n) is 4.77. The van der Waals surface area contributed by atoms with Crippen molar-refractivity contribution in [1.29, 1.82) is 0 Å². The highest BCUT2D eigenvalue weighted by molar-refractivity contribution is 7.66. The summed E-state index contributed by atoms with van der Waals surface area (Å²) >= 11 is 0. The Morgan fingerprint density at radius 3 is 2.55 bits per heavy atom. The molecule has 0 aromatic carbocycles. The van der Waals surface area contributed by atoms with Crippen LogP contribution in [-0.2, 0) is 26.8 Å². The molecule has 182 valence electrons. The number of nitrogens with zero attached hydrogens (tertiary/aromatic N) is 3. The van der Waals surface area contributed by atoms with Gasteiger partial charge in [-0.15, -0.1) is 6.42 Å². The highest BCUT2D eigenvalue weighted by Crippen LogP contribution is 2.66. The molecule has 1 saturated carbocycles. The van der Waals surface area contributed by atoms with Gasteiger partial charge < -0.3 is 35.0 Å². The molecule has 1 fully saturated rings. The minimum atomic E-state index is -5.71. The molecule has 33 heavy (non-hydrogen) atoms. The van der Waals surface area contributed by atoms with Crippen molar-refractivity contribution < 1.29 is 51.5 Å². The van der Waals surface area contributed by atoms with E-state index in [1.54, 1.807) is 0 Å². The summed E-state index contributed by atoms with van der Waals surface area (Å²) in [5, 5.41) is 10.6. The summed E-state index contributed by atoms with van der Waals surface area (Å²) in [7, 11) is -16.7. The number of phosphoric ester groups is 1. The lowest BCUT2D eigenvalue weighted by molar-refractivity contribution is 0.0443. The van der Waals surface area contributed by atoms with Gasteiger partial charge in [0.05, 0.1) is 24.5 Å². The molecule has 2 heterocycles. The first-order chi connectivity index (χ1) is 15.1. The standard InChI is InChI=1S/C13H18N5O12P3/c1-2-13(5-28-32(24,25)30-33(26,27)29-31(21,22)23)4-7(3-8(13)19)18-6-15-9-10(18)16-12(14)17-11(9)20/h1,6-8,19H,3-5H2,(H,24,25)(H,26,27)(H2,21,22,23)(H3,14,16,17,20)/t7-,8-,13+/m1/s1. The molecule has 0 saturated heterocycles. The van der Waals surface area contributed by atoms with Crippen molar-refractivity contribution in [3.05, 3.63) is 16.7 Å². The molecular formula is C13H18N5O12P3. The highest BCUT2D eigenvalue weighted by Gasteiger charge is 2.49. The molecule has 17 nitrogen and oxygen atoms in total. The van der Waals surface area contributed by atoms with Crippen molar-refractivity contribution in [2.24, 2.45) is 5.41 Å². The Bertz CT molecular complexity index is 1310. The van der Waals surface area contributed by atoms with Crippen LogP contribution in [0.5, 0.6) is 0 Å². The number of aliphatic hydroxyl groups excluding tert-OH is 1. The Labute approximate surface area is 184 Å². The van der Waals surface area contributed by atoms with Crippen molar-refractivity contribution in [3.63, 3.8) is 0 Å². The average molecular weight is 529 g/mol. The number of aromatic amines is 1. The number of phosphoric acid groups is 3. The summed E-state index contributed by atoms with van der Waals surface area (Å²) in [5.74, 6) is 2.09. The van der Waals surface area contributed by atoms with Gasteiger partial charge >= 0.3 is 23.5 Å². The lowest BCUT2D eigenvalue weighted by Crippen LogP contribution is -2.33. The number of rotatable bonds is 8. The summed E-state index contributed by atoms with van der Waals surface area (Å²) in [4.78, 5) is 58.2. The molecule has 0 amide bonds. The largest absolute Gasteiger partial charge is 0.490 e. The van der Waals surface area contributed by atoms with E-state index in [0.29, 0.717) is 0 Å². The minimum absolute atomic E-state index is 0.0230. The molecule has 8 N–H and O–H groups in total. The summed E-state index contributed by atoms with van der Waals surface area (Å²) in [6.45, 7) is -0.867.